The van der Waals surface area contributed by atoms with E-state index >= 15 is 0 Å². The second kappa shape index (κ2) is 3.45. The largest absolute Gasteiger partial charge is 0.454 e. The smallest absolute Gasteiger partial charge is 0.231 e. The molecule has 1 atom stereocenters. The Hall–Kier alpha value is -1.22. The molecule has 1 unspecified atom stereocenters. The molecule has 0 spiro atoms. The molecular formula is C9H13NO2. The van der Waals surface area contributed by atoms with Gasteiger partial charge in [0, 0.05) is 6.04 Å². The molecule has 3 nitrogen and oxygen atoms in total. The van der Waals surface area contributed by atoms with Crippen LogP contribution in [-0.2, 0) is 9.47 Å². The molecule has 1 aliphatic rings. The van der Waals surface area contributed by atoms with Crippen molar-refractivity contribution in [1.29, 1.82) is 0 Å². The van der Waals surface area contributed by atoms with E-state index in [4.69, 9.17) is 15.2 Å². The number of rotatable bonds is 2. The van der Waals surface area contributed by atoms with E-state index in [9.17, 15) is 0 Å². The Morgan fingerprint density at radius 1 is 1.67 bits per heavy atom. The molecule has 0 radical (unpaired) electrons. The Labute approximate surface area is 72.2 Å². The summed E-state index contributed by atoms with van der Waals surface area (Å²) in [6.07, 6.45) is 1.75. The Balaban J connectivity index is 2.68. The maximum atomic E-state index is 5.59. The summed E-state index contributed by atoms with van der Waals surface area (Å²) in [6.45, 7) is 9.52. The second-order valence-electron chi connectivity index (χ2n) is 2.70. The van der Waals surface area contributed by atoms with Crippen molar-refractivity contribution in [3.63, 3.8) is 0 Å². The number of hydrogen-bond acceptors (Lipinski definition) is 3. The molecule has 1 saturated heterocycles. The lowest BCUT2D eigenvalue weighted by Crippen LogP contribution is -2.16. The van der Waals surface area contributed by atoms with Gasteiger partial charge in [-0.3, -0.25) is 0 Å². The van der Waals surface area contributed by atoms with Gasteiger partial charge in [-0.1, -0.05) is 13.2 Å². The van der Waals surface area contributed by atoms with Gasteiger partial charge < -0.3 is 15.2 Å². The fourth-order valence-corrected chi connectivity index (χ4v) is 0.738. The van der Waals surface area contributed by atoms with Crippen LogP contribution in [0.5, 0.6) is 0 Å². The van der Waals surface area contributed by atoms with Crippen LogP contribution >= 0.6 is 0 Å². The third-order valence-corrected chi connectivity index (χ3v) is 1.62. The highest BCUT2D eigenvalue weighted by molar-refractivity contribution is 5.30. The third-order valence-electron chi connectivity index (χ3n) is 1.62. The summed E-state index contributed by atoms with van der Waals surface area (Å²) >= 11 is 0. The zero-order valence-electron chi connectivity index (χ0n) is 7.17. The maximum Gasteiger partial charge on any atom is 0.231 e. The minimum atomic E-state index is -0.0745. The Morgan fingerprint density at radius 3 is 2.75 bits per heavy atom. The first kappa shape index (κ1) is 8.87. The normalized spacial score (nSPS) is 21.8. The molecule has 0 aromatic heterocycles. The molecule has 12 heavy (non-hydrogen) atoms. The van der Waals surface area contributed by atoms with Crippen LogP contribution in [0.4, 0.5) is 0 Å². The zero-order valence-corrected chi connectivity index (χ0v) is 7.17. The average molecular weight is 167 g/mol. The molecule has 0 aromatic rings. The van der Waals surface area contributed by atoms with E-state index in [1.807, 2.05) is 6.92 Å². The Morgan fingerprint density at radius 2 is 2.33 bits per heavy atom. The minimum absolute atomic E-state index is 0.0745. The summed E-state index contributed by atoms with van der Waals surface area (Å²) in [5.74, 6) is 1.16. The van der Waals surface area contributed by atoms with Gasteiger partial charge in [-0.25, -0.2) is 0 Å². The van der Waals surface area contributed by atoms with E-state index < -0.39 is 0 Å². The van der Waals surface area contributed by atoms with Crippen molar-refractivity contribution < 1.29 is 9.47 Å². The predicted molar refractivity (Wildman–Crippen MR) is 47.0 cm³/mol. The van der Waals surface area contributed by atoms with Crippen molar-refractivity contribution in [2.24, 2.45) is 5.73 Å². The molecule has 3 heteroatoms. The van der Waals surface area contributed by atoms with Crippen molar-refractivity contribution in [3.8, 4) is 0 Å². The molecule has 0 aromatic carbocycles. The van der Waals surface area contributed by atoms with Gasteiger partial charge in [-0.15, -0.1) is 0 Å². The molecule has 66 valence electrons. The van der Waals surface area contributed by atoms with E-state index in [0.29, 0.717) is 11.5 Å². The summed E-state index contributed by atoms with van der Waals surface area (Å²) < 4.78 is 10.1. The third kappa shape index (κ3) is 1.89. The van der Waals surface area contributed by atoms with E-state index in [1.165, 1.54) is 0 Å². The molecule has 1 aliphatic heterocycles. The summed E-state index contributed by atoms with van der Waals surface area (Å²) in [5.41, 5.74) is 6.39. The first-order valence-electron chi connectivity index (χ1n) is 3.72. The molecule has 0 saturated carbocycles. The van der Waals surface area contributed by atoms with Crippen LogP contribution in [0.25, 0.3) is 0 Å². The van der Waals surface area contributed by atoms with Gasteiger partial charge in [0.15, 0.2) is 11.5 Å². The lowest BCUT2D eigenvalue weighted by molar-refractivity contribution is 0.0979. The van der Waals surface area contributed by atoms with Crippen LogP contribution in [0.1, 0.15) is 6.92 Å². The molecule has 1 heterocycles. The predicted octanol–water partition coefficient (Wildman–Crippen LogP) is 1.29. The first-order chi connectivity index (χ1) is 5.61. The first-order valence-corrected chi connectivity index (χ1v) is 3.72. The highest BCUT2D eigenvalue weighted by Gasteiger charge is 2.14. The zero-order chi connectivity index (χ0) is 9.14. The fraction of sp³-hybridized carbons (Fsp3) is 0.333. The quantitative estimate of drug-likeness (QED) is 0.674. The van der Waals surface area contributed by atoms with Gasteiger partial charge in [-0.05, 0) is 18.6 Å². The van der Waals surface area contributed by atoms with Gasteiger partial charge in [-0.2, -0.15) is 0 Å². The summed E-state index contributed by atoms with van der Waals surface area (Å²) in [6, 6.07) is -0.0745. The van der Waals surface area contributed by atoms with Crippen LogP contribution < -0.4 is 5.73 Å². The van der Waals surface area contributed by atoms with E-state index in [2.05, 4.69) is 13.2 Å². The molecule has 1 rings (SSSR count). The molecule has 0 bridgehead atoms. The average Bonchev–Trinajstić information content (AvgIpc) is 2.36. The summed E-state index contributed by atoms with van der Waals surface area (Å²) in [4.78, 5) is 0. The van der Waals surface area contributed by atoms with Crippen LogP contribution in [0.3, 0.4) is 0 Å². The fourth-order valence-electron chi connectivity index (χ4n) is 0.738. The Bertz CT molecular complexity index is 241. The molecular weight excluding hydrogens is 154 g/mol. The van der Waals surface area contributed by atoms with Gasteiger partial charge in [0.25, 0.3) is 0 Å². The van der Waals surface area contributed by atoms with Gasteiger partial charge >= 0.3 is 0 Å². The standard InChI is InChI=1S/C9H13NO2/c1-6(7(2)10)4-9-8(3)11-5-12-9/h4,7H,1,3,5,10H2,2H3/b9-4+. The SMILES string of the molecule is C=C1OCO/C1=C/C(=C)C(C)N. The van der Waals surface area contributed by atoms with E-state index in [0.717, 1.165) is 5.57 Å². The van der Waals surface area contributed by atoms with Crippen LogP contribution in [-0.4, -0.2) is 12.8 Å². The molecule has 1 fully saturated rings. The maximum absolute atomic E-state index is 5.59. The van der Waals surface area contributed by atoms with Crippen molar-refractivity contribution >= 4 is 0 Å². The van der Waals surface area contributed by atoms with Crippen LogP contribution in [0, 0.1) is 0 Å². The van der Waals surface area contributed by atoms with Crippen molar-refractivity contribution in [3.05, 3.63) is 36.3 Å². The van der Waals surface area contributed by atoms with Gasteiger partial charge in [0.1, 0.15) is 0 Å². The minimum Gasteiger partial charge on any atom is -0.454 e. The lowest BCUT2D eigenvalue weighted by atomic mass is 10.1. The van der Waals surface area contributed by atoms with Crippen molar-refractivity contribution in [2.75, 3.05) is 6.79 Å². The monoisotopic (exact) mass is 167 g/mol. The second-order valence-corrected chi connectivity index (χ2v) is 2.70. The highest BCUT2D eigenvalue weighted by atomic mass is 16.7. The van der Waals surface area contributed by atoms with E-state index in [-0.39, 0.29) is 12.8 Å². The Kier molecular flexibility index (Phi) is 2.55. The lowest BCUT2D eigenvalue weighted by Gasteiger charge is -2.04. The highest BCUT2D eigenvalue weighted by Crippen LogP contribution is 2.20. The van der Waals surface area contributed by atoms with Crippen LogP contribution in [0.2, 0.25) is 0 Å². The number of hydrogen-bond donors (Lipinski definition) is 1. The topological polar surface area (TPSA) is 44.5 Å². The molecule has 2 N–H and O–H groups in total. The van der Waals surface area contributed by atoms with E-state index in [1.54, 1.807) is 6.08 Å². The van der Waals surface area contributed by atoms with Gasteiger partial charge in [0.2, 0.25) is 6.79 Å². The summed E-state index contributed by atoms with van der Waals surface area (Å²) in [7, 11) is 0. The van der Waals surface area contributed by atoms with Crippen molar-refractivity contribution in [2.45, 2.75) is 13.0 Å². The number of ether oxygens (including phenoxy) is 2. The molecule has 0 aliphatic carbocycles. The summed E-state index contributed by atoms with van der Waals surface area (Å²) in [5, 5.41) is 0. The van der Waals surface area contributed by atoms with Gasteiger partial charge in [0.05, 0.1) is 0 Å². The molecule has 0 amide bonds. The van der Waals surface area contributed by atoms with Crippen molar-refractivity contribution in [1.82, 2.24) is 0 Å². The number of nitrogens with two attached hydrogens (primary N) is 1. The van der Waals surface area contributed by atoms with Crippen LogP contribution in [0.15, 0.2) is 36.3 Å².